The van der Waals surface area contributed by atoms with Crippen molar-refractivity contribution in [3.8, 4) is 0 Å². The highest BCUT2D eigenvalue weighted by atomic mass is 27.0. The highest BCUT2D eigenvalue weighted by Crippen LogP contribution is 2.47. The molecular weight excluding hydrogens is 523 g/mol. The van der Waals surface area contributed by atoms with Crippen LogP contribution in [0.15, 0.2) is 0 Å². The molecule has 0 aromatic rings. The smallest absolute Gasteiger partial charge is 0.124 e. The van der Waals surface area contributed by atoms with Crippen LogP contribution in [0.3, 0.4) is 0 Å². The molecule has 0 amide bonds. The van der Waals surface area contributed by atoms with Crippen LogP contribution >= 0.6 is 0 Å². The van der Waals surface area contributed by atoms with Crippen molar-refractivity contribution in [3.63, 3.8) is 0 Å². The fourth-order valence-electron chi connectivity index (χ4n) is 12.1. The molecule has 0 aromatic heterocycles. The van der Waals surface area contributed by atoms with Crippen molar-refractivity contribution >= 4 is 16.3 Å². The van der Waals surface area contributed by atoms with Crippen LogP contribution in [0.5, 0.6) is 0 Å². The maximum Gasteiger partial charge on any atom is 0.124 e. The summed E-state index contributed by atoms with van der Waals surface area (Å²) in [6.45, 7) is 0. The molecule has 8 nitrogen and oxygen atoms in total. The first kappa shape index (κ1) is 27.5. The van der Waals surface area contributed by atoms with Gasteiger partial charge in [0, 0.05) is 0 Å². The molecule has 5 saturated heterocycles. The van der Waals surface area contributed by atoms with Crippen LogP contribution < -0.4 is 42.5 Å². The molecule has 9 aliphatic rings. The molecule has 4 saturated carbocycles. The first-order chi connectivity index (χ1) is 20.2. The number of hydrogen-bond donors (Lipinski definition) is 8. The van der Waals surface area contributed by atoms with Gasteiger partial charge in [-0.2, -0.15) is 0 Å². The minimum Gasteiger partial charge on any atom is -0.286 e. The molecule has 2 radical (unpaired) electrons. The van der Waals surface area contributed by atoms with E-state index in [1.807, 2.05) is 0 Å². The molecule has 4 aliphatic carbocycles. The van der Waals surface area contributed by atoms with E-state index in [0.29, 0.717) is 65.9 Å². The first-order valence-electron chi connectivity index (χ1n) is 18.1. The SMILES string of the molecule is [Al][CH]1CCCC2C3NC4NC(NC5NC(NC6NC(NC(N3)C12)C1CCCCC61)C1CCCCC51)C1CCCCC41. The zero-order valence-corrected chi connectivity index (χ0v) is 26.2. The van der Waals surface area contributed by atoms with Crippen LogP contribution in [0.1, 0.15) is 96.3 Å². The zero-order chi connectivity index (χ0) is 27.1. The van der Waals surface area contributed by atoms with Crippen molar-refractivity contribution in [1.29, 1.82) is 0 Å². The molecule has 9 heteroatoms. The van der Waals surface area contributed by atoms with Crippen LogP contribution in [0.25, 0.3) is 0 Å². The number of rotatable bonds is 0. The normalized spacial score (nSPS) is 58.3. The van der Waals surface area contributed by atoms with E-state index in [1.165, 1.54) is 96.3 Å². The Morgan fingerprint density at radius 3 is 0.902 bits per heavy atom. The largest absolute Gasteiger partial charge is 0.286 e. The molecule has 0 spiro atoms. The van der Waals surface area contributed by atoms with Crippen molar-refractivity contribution in [2.24, 2.45) is 47.3 Å². The van der Waals surface area contributed by atoms with Gasteiger partial charge in [0.2, 0.25) is 0 Å². The van der Waals surface area contributed by atoms with E-state index in [4.69, 9.17) is 0 Å². The van der Waals surface area contributed by atoms with Gasteiger partial charge in [-0.05, 0) is 92.3 Å². The van der Waals surface area contributed by atoms with E-state index in [-0.39, 0.29) is 0 Å². The van der Waals surface area contributed by atoms with Crippen LogP contribution in [0, 0.1) is 47.3 Å². The second-order valence-electron chi connectivity index (χ2n) is 15.8. The molecular formula is C32H55AlN8. The lowest BCUT2D eigenvalue weighted by Gasteiger charge is -2.39. The third kappa shape index (κ3) is 4.75. The van der Waals surface area contributed by atoms with E-state index in [2.05, 4.69) is 58.8 Å². The van der Waals surface area contributed by atoms with E-state index >= 15 is 0 Å². The molecule has 0 aromatic carbocycles. The van der Waals surface area contributed by atoms with Gasteiger partial charge < -0.3 is 0 Å². The number of fused-ring (bicyclic) bond motifs is 20. The molecule has 226 valence electrons. The molecule has 5 aliphatic heterocycles. The van der Waals surface area contributed by atoms with Gasteiger partial charge in [0.15, 0.2) is 0 Å². The summed E-state index contributed by atoms with van der Waals surface area (Å²) in [6.07, 6.45) is 23.9. The molecule has 9 rings (SSSR count). The van der Waals surface area contributed by atoms with Gasteiger partial charge in [-0.3, -0.25) is 42.5 Å². The van der Waals surface area contributed by atoms with Gasteiger partial charge in [0.1, 0.15) is 16.3 Å². The summed E-state index contributed by atoms with van der Waals surface area (Å²) in [6, 6.07) is 0. The van der Waals surface area contributed by atoms with Gasteiger partial charge in [-0.15, -0.1) is 4.78 Å². The van der Waals surface area contributed by atoms with Crippen LogP contribution in [-0.4, -0.2) is 65.6 Å². The van der Waals surface area contributed by atoms with Crippen molar-refractivity contribution in [3.05, 3.63) is 0 Å². The molecule has 41 heavy (non-hydrogen) atoms. The van der Waals surface area contributed by atoms with Crippen molar-refractivity contribution in [1.82, 2.24) is 42.5 Å². The topological polar surface area (TPSA) is 96.2 Å². The fourth-order valence-corrected chi connectivity index (χ4v) is 12.9. The quantitative estimate of drug-likeness (QED) is 0.208. The Balaban J connectivity index is 1.06. The predicted octanol–water partition coefficient (Wildman–Crippen LogP) is 2.17. The summed E-state index contributed by atoms with van der Waals surface area (Å²) in [4.78, 5) is 0. The van der Waals surface area contributed by atoms with Crippen LogP contribution in [0.2, 0.25) is 4.78 Å². The van der Waals surface area contributed by atoms with Gasteiger partial charge in [-0.1, -0.05) is 51.4 Å². The zero-order valence-electron chi connectivity index (χ0n) is 25.0. The van der Waals surface area contributed by atoms with E-state index in [1.54, 1.807) is 0 Å². The number of nitrogens with one attached hydrogen (secondary N) is 8. The summed E-state index contributed by atoms with van der Waals surface area (Å²) in [5, 5.41) is 33.9. The Hall–Kier alpha value is 0.212. The predicted molar refractivity (Wildman–Crippen MR) is 162 cm³/mol. The van der Waals surface area contributed by atoms with Crippen molar-refractivity contribution in [2.45, 2.75) is 150 Å². The lowest BCUT2D eigenvalue weighted by Crippen LogP contribution is -2.61. The second-order valence-corrected chi connectivity index (χ2v) is 16.7. The first-order valence-corrected chi connectivity index (χ1v) is 18.7. The molecule has 8 N–H and O–H groups in total. The van der Waals surface area contributed by atoms with E-state index in [9.17, 15) is 0 Å². The van der Waals surface area contributed by atoms with Crippen LogP contribution in [-0.2, 0) is 0 Å². The van der Waals surface area contributed by atoms with Gasteiger partial charge in [0.05, 0.1) is 49.3 Å². The van der Waals surface area contributed by atoms with Gasteiger partial charge in [0.25, 0.3) is 0 Å². The van der Waals surface area contributed by atoms with Gasteiger partial charge >= 0.3 is 0 Å². The summed E-state index contributed by atoms with van der Waals surface area (Å²) in [5.74, 6) is 5.79. The lowest BCUT2D eigenvalue weighted by molar-refractivity contribution is 0.168. The average Bonchev–Trinajstić information content (AvgIpc) is 3.73. The van der Waals surface area contributed by atoms with Gasteiger partial charge in [-0.25, -0.2) is 0 Å². The second kappa shape index (κ2) is 11.2. The average molecular weight is 579 g/mol. The Morgan fingerprint density at radius 1 is 0.293 bits per heavy atom. The van der Waals surface area contributed by atoms with Crippen LogP contribution in [0.4, 0.5) is 0 Å². The summed E-state index contributed by atoms with van der Waals surface area (Å²) in [5.41, 5.74) is 0. The Morgan fingerprint density at radius 2 is 0.561 bits per heavy atom. The summed E-state index contributed by atoms with van der Waals surface area (Å²) >= 11 is 3.28. The standard InChI is InChI=1S/C32H55N8.Al/c1-2-10-18-17(9-1)25-33-26(18)38-28-21-13-5-6-14-22(21)30(35-28)40-32-24-16-8-7-15-23(24)31(36-32)39-29-20-12-4-3-11-19(20)27(34-29)37-25;/h9,17-40H,1-8,10-16H2;. The maximum atomic E-state index is 4.28. The highest BCUT2D eigenvalue weighted by Gasteiger charge is 2.54. The summed E-state index contributed by atoms with van der Waals surface area (Å²) < 4.78 is 0.696. The Bertz CT molecular complexity index is 953. The van der Waals surface area contributed by atoms with E-state index in [0.717, 1.165) is 35.5 Å². The molecule has 17 atom stereocenters. The lowest BCUT2D eigenvalue weighted by atomic mass is 9.76. The maximum absolute atomic E-state index is 4.28. The molecule has 17 unspecified atom stereocenters. The monoisotopic (exact) mass is 578 g/mol. The fraction of sp³-hybridized carbons (Fsp3) is 1.00. The molecule has 5 heterocycles. The number of hydrogen-bond acceptors (Lipinski definition) is 8. The molecule has 9 fully saturated rings. The molecule has 8 bridgehead atoms. The minimum atomic E-state index is 0.376. The minimum absolute atomic E-state index is 0.376. The van der Waals surface area contributed by atoms with E-state index < -0.39 is 0 Å². The van der Waals surface area contributed by atoms with Crippen molar-refractivity contribution < 1.29 is 0 Å². The van der Waals surface area contributed by atoms with Crippen molar-refractivity contribution in [2.75, 3.05) is 0 Å². The summed E-state index contributed by atoms with van der Waals surface area (Å²) in [7, 11) is 0. The highest BCUT2D eigenvalue weighted by molar-refractivity contribution is 6.12. The Kier molecular flexibility index (Phi) is 7.53. The third-order valence-corrected chi connectivity index (χ3v) is 14.7. The third-order valence-electron chi connectivity index (χ3n) is 13.9. The Labute approximate surface area is 256 Å².